The number of piperazine rings is 1. The maximum Gasteiger partial charge on any atom is 0.345 e. The Hall–Kier alpha value is -3.98. The number of carbonyl (C=O) groups excluding carboxylic acids is 2. The van der Waals surface area contributed by atoms with E-state index in [2.05, 4.69) is 9.97 Å². The van der Waals surface area contributed by atoms with Crippen molar-refractivity contribution in [1.82, 2.24) is 19.8 Å². The number of benzene rings is 2. The molecule has 0 saturated carbocycles. The van der Waals surface area contributed by atoms with Crippen LogP contribution in [0.1, 0.15) is 28.8 Å². The predicted octanol–water partition coefficient (Wildman–Crippen LogP) is 2.58. The first-order chi connectivity index (χ1) is 17.4. The summed E-state index contributed by atoms with van der Waals surface area (Å²) in [5, 5.41) is 9.78. The molecule has 186 valence electrons. The van der Waals surface area contributed by atoms with Crippen LogP contribution in [-0.4, -0.2) is 75.6 Å². The summed E-state index contributed by atoms with van der Waals surface area (Å²) < 4.78 is 5.50. The van der Waals surface area contributed by atoms with Crippen LogP contribution in [0.2, 0.25) is 0 Å². The Kier molecular flexibility index (Phi) is 6.56. The van der Waals surface area contributed by atoms with Gasteiger partial charge in [0.2, 0.25) is 0 Å². The molecule has 2 aromatic carbocycles. The molecule has 3 aromatic rings. The number of nitrogens with one attached hydrogen (secondary N) is 1. The zero-order valence-corrected chi connectivity index (χ0v) is 20.1. The van der Waals surface area contributed by atoms with Crippen LogP contribution < -0.4 is 5.69 Å². The molecule has 2 aliphatic rings. The summed E-state index contributed by atoms with van der Waals surface area (Å²) in [6, 6.07) is 13.9. The van der Waals surface area contributed by atoms with Crippen molar-refractivity contribution in [3.05, 3.63) is 70.1 Å². The van der Waals surface area contributed by atoms with Crippen LogP contribution in [0.4, 0.5) is 0 Å². The molecule has 0 radical (unpaired) electrons. The normalized spacial score (nSPS) is 17.9. The summed E-state index contributed by atoms with van der Waals surface area (Å²) in [5.41, 5.74) is 3.29. The van der Waals surface area contributed by atoms with Crippen LogP contribution in [0.25, 0.3) is 22.5 Å². The number of rotatable bonds is 4. The van der Waals surface area contributed by atoms with E-state index in [1.807, 2.05) is 0 Å². The summed E-state index contributed by atoms with van der Waals surface area (Å²) in [6.07, 6.45) is 1.34. The molecule has 2 amide bonds. The van der Waals surface area contributed by atoms with E-state index >= 15 is 0 Å². The lowest BCUT2D eigenvalue weighted by atomic mass is 10.0. The Balaban J connectivity index is 1.27. The first-order valence-electron chi connectivity index (χ1n) is 12.1. The van der Waals surface area contributed by atoms with Crippen molar-refractivity contribution in [1.29, 1.82) is 0 Å². The Morgan fingerprint density at radius 2 is 1.69 bits per heavy atom. The minimum atomic E-state index is -0.483. The van der Waals surface area contributed by atoms with Gasteiger partial charge >= 0.3 is 5.69 Å². The molecule has 9 heteroatoms. The number of phenolic OH excluding ortho intramolecular Hbond substituents is 1. The topological polar surface area (TPSA) is 116 Å². The minimum absolute atomic E-state index is 0.0251. The van der Waals surface area contributed by atoms with Gasteiger partial charge in [0.15, 0.2) is 0 Å². The van der Waals surface area contributed by atoms with E-state index in [9.17, 15) is 19.5 Å². The smallest absolute Gasteiger partial charge is 0.345 e. The second-order valence-electron chi connectivity index (χ2n) is 9.18. The fourth-order valence-corrected chi connectivity index (χ4v) is 4.66. The van der Waals surface area contributed by atoms with Crippen molar-refractivity contribution in [2.24, 2.45) is 0 Å². The zero-order chi connectivity index (χ0) is 25.2. The first kappa shape index (κ1) is 23.7. The van der Waals surface area contributed by atoms with Crippen LogP contribution in [0.5, 0.6) is 5.75 Å². The number of aromatic hydroxyl groups is 1. The van der Waals surface area contributed by atoms with E-state index in [0.29, 0.717) is 55.3 Å². The first-order valence-corrected chi connectivity index (χ1v) is 12.1. The third kappa shape index (κ3) is 4.87. The highest BCUT2D eigenvalue weighted by Gasteiger charge is 2.31. The standard InChI is InChI=1S/C27H28N4O5/c1-17-15-20(8-9-23(17)32)22-16-21(28-27(35)29-22)18-4-6-19(7-5-18)25(33)30-10-12-31(13-11-30)26(34)24-3-2-14-36-24/h4-9,15-16,24,32H,2-3,10-14H2,1H3,(H,28,29,35). The molecule has 2 fully saturated rings. The van der Waals surface area contributed by atoms with Gasteiger partial charge < -0.3 is 24.6 Å². The van der Waals surface area contributed by atoms with Gasteiger partial charge in [-0.05, 0) is 67.3 Å². The third-order valence-corrected chi connectivity index (χ3v) is 6.76. The number of H-pyrrole nitrogens is 1. The van der Waals surface area contributed by atoms with Crippen molar-refractivity contribution in [3.8, 4) is 28.3 Å². The van der Waals surface area contributed by atoms with Gasteiger partial charge in [0.1, 0.15) is 11.9 Å². The molecule has 1 atom stereocenters. The molecular weight excluding hydrogens is 460 g/mol. The monoisotopic (exact) mass is 488 g/mol. The molecule has 0 bridgehead atoms. The quantitative estimate of drug-likeness (QED) is 0.583. The van der Waals surface area contributed by atoms with E-state index in [-0.39, 0.29) is 23.7 Å². The van der Waals surface area contributed by atoms with Crippen molar-refractivity contribution >= 4 is 11.8 Å². The van der Waals surface area contributed by atoms with E-state index in [4.69, 9.17) is 4.74 Å². The lowest BCUT2D eigenvalue weighted by Crippen LogP contribution is -2.52. The number of hydrogen-bond donors (Lipinski definition) is 2. The highest BCUT2D eigenvalue weighted by Crippen LogP contribution is 2.26. The van der Waals surface area contributed by atoms with Gasteiger partial charge in [-0.25, -0.2) is 4.79 Å². The molecule has 9 nitrogen and oxygen atoms in total. The SMILES string of the molecule is Cc1cc(-c2cc(-c3ccc(C(=O)N4CCN(C(=O)C5CCCO5)CC4)cc3)[nH]c(=O)n2)ccc1O. The largest absolute Gasteiger partial charge is 0.508 e. The Morgan fingerprint density at radius 1 is 1.00 bits per heavy atom. The van der Waals surface area contributed by atoms with Gasteiger partial charge in [0.25, 0.3) is 11.8 Å². The minimum Gasteiger partial charge on any atom is -0.508 e. The summed E-state index contributed by atoms with van der Waals surface area (Å²) in [4.78, 5) is 48.2. The van der Waals surface area contributed by atoms with Gasteiger partial charge in [-0.1, -0.05) is 12.1 Å². The summed E-state index contributed by atoms with van der Waals surface area (Å²) in [6.45, 7) is 4.37. The molecule has 1 unspecified atom stereocenters. The number of phenols is 1. The van der Waals surface area contributed by atoms with Crippen molar-refractivity contribution in [2.45, 2.75) is 25.9 Å². The van der Waals surface area contributed by atoms with Gasteiger partial charge in [-0.2, -0.15) is 4.98 Å². The third-order valence-electron chi connectivity index (χ3n) is 6.76. The molecule has 2 aliphatic heterocycles. The van der Waals surface area contributed by atoms with Crippen molar-refractivity contribution in [3.63, 3.8) is 0 Å². The van der Waals surface area contributed by atoms with Crippen LogP contribution in [-0.2, 0) is 9.53 Å². The predicted molar refractivity (Wildman–Crippen MR) is 134 cm³/mol. The summed E-state index contributed by atoms with van der Waals surface area (Å²) in [7, 11) is 0. The summed E-state index contributed by atoms with van der Waals surface area (Å²) >= 11 is 0. The number of nitrogens with zero attached hydrogens (tertiary/aromatic N) is 3. The van der Waals surface area contributed by atoms with E-state index in [1.54, 1.807) is 65.3 Å². The highest BCUT2D eigenvalue weighted by atomic mass is 16.5. The van der Waals surface area contributed by atoms with Crippen molar-refractivity contribution in [2.75, 3.05) is 32.8 Å². The average Bonchev–Trinajstić information content (AvgIpc) is 3.44. The molecule has 3 heterocycles. The number of aryl methyl sites for hydroxylation is 1. The van der Waals surface area contributed by atoms with Crippen molar-refractivity contribution < 1.29 is 19.4 Å². The van der Waals surface area contributed by atoms with E-state index in [0.717, 1.165) is 24.0 Å². The van der Waals surface area contributed by atoms with Gasteiger partial charge in [-0.3, -0.25) is 9.59 Å². The molecular formula is C27H28N4O5. The zero-order valence-electron chi connectivity index (χ0n) is 20.1. The molecule has 0 aliphatic carbocycles. The number of ether oxygens (including phenoxy) is 1. The van der Waals surface area contributed by atoms with Gasteiger partial charge in [0, 0.05) is 43.9 Å². The molecule has 2 N–H and O–H groups in total. The number of hydrogen-bond acceptors (Lipinski definition) is 6. The number of carbonyl (C=O) groups is 2. The molecule has 5 rings (SSSR count). The lowest BCUT2D eigenvalue weighted by Gasteiger charge is -2.35. The molecule has 1 aromatic heterocycles. The lowest BCUT2D eigenvalue weighted by molar-refractivity contribution is -0.142. The second kappa shape index (κ2) is 9.94. The van der Waals surface area contributed by atoms with Crippen LogP contribution in [0, 0.1) is 6.92 Å². The Morgan fingerprint density at radius 3 is 2.36 bits per heavy atom. The van der Waals surface area contributed by atoms with E-state index in [1.165, 1.54) is 0 Å². The molecule has 36 heavy (non-hydrogen) atoms. The van der Waals surface area contributed by atoms with E-state index < -0.39 is 5.69 Å². The maximum atomic E-state index is 13.0. The highest BCUT2D eigenvalue weighted by molar-refractivity contribution is 5.95. The fraction of sp³-hybridized carbons (Fsp3) is 0.333. The number of amides is 2. The average molecular weight is 489 g/mol. The van der Waals surface area contributed by atoms with Crippen LogP contribution in [0.15, 0.2) is 53.3 Å². The van der Waals surface area contributed by atoms with Gasteiger partial charge in [0.05, 0.1) is 11.4 Å². The molecule has 2 saturated heterocycles. The second-order valence-corrected chi connectivity index (χ2v) is 9.18. The van der Waals surface area contributed by atoms with Crippen LogP contribution >= 0.6 is 0 Å². The van der Waals surface area contributed by atoms with Gasteiger partial charge in [-0.15, -0.1) is 0 Å². The number of aromatic amines is 1. The maximum absolute atomic E-state index is 13.0. The van der Waals surface area contributed by atoms with Crippen LogP contribution in [0.3, 0.4) is 0 Å². The summed E-state index contributed by atoms with van der Waals surface area (Å²) in [5.74, 6) is 0.117. The molecule has 0 spiro atoms. The number of aromatic nitrogens is 2. The fourth-order valence-electron chi connectivity index (χ4n) is 4.66. The Labute approximate surface area is 208 Å². The Bertz CT molecular complexity index is 1340.